The van der Waals surface area contributed by atoms with Crippen molar-refractivity contribution in [3.8, 4) is 0 Å². The van der Waals surface area contributed by atoms with Gasteiger partial charge in [0.25, 0.3) is 0 Å². The highest BCUT2D eigenvalue weighted by molar-refractivity contribution is 5.71. The van der Waals surface area contributed by atoms with Gasteiger partial charge in [-0.05, 0) is 103 Å². The van der Waals surface area contributed by atoms with E-state index in [1.54, 1.807) is 0 Å². The quantitative estimate of drug-likeness (QED) is 0.0261. The van der Waals surface area contributed by atoms with Crippen molar-refractivity contribution in [2.45, 2.75) is 329 Å². The minimum absolute atomic E-state index is 0.0878. The van der Waals surface area contributed by atoms with Gasteiger partial charge in [-0.25, -0.2) is 0 Å². The first kappa shape index (κ1) is 76.1. The fourth-order valence-electron chi connectivity index (χ4n) is 9.52. The third-order valence-corrected chi connectivity index (χ3v) is 14.5. The lowest BCUT2D eigenvalue weighted by atomic mass is 10.0. The molecule has 0 saturated heterocycles. The minimum atomic E-state index is -0.792. The van der Waals surface area contributed by atoms with E-state index < -0.39 is 6.10 Å². The van der Waals surface area contributed by atoms with Crippen LogP contribution < -0.4 is 0 Å². The maximum absolute atomic E-state index is 12.9. The van der Waals surface area contributed by atoms with E-state index in [-0.39, 0.29) is 31.1 Å². The molecule has 0 amide bonds. The molecule has 0 aromatic rings. The zero-order chi connectivity index (χ0) is 57.8. The molecule has 458 valence electrons. The van der Waals surface area contributed by atoms with Crippen LogP contribution in [0.2, 0.25) is 0 Å². The van der Waals surface area contributed by atoms with Crippen molar-refractivity contribution in [2.24, 2.45) is 0 Å². The fourth-order valence-corrected chi connectivity index (χ4v) is 9.52. The number of carbonyl (C=O) groups excluding carboxylic acids is 3. The van der Waals surface area contributed by atoms with Crippen LogP contribution in [0.3, 0.4) is 0 Å². The third-order valence-electron chi connectivity index (χ3n) is 14.5. The standard InChI is InChI=1S/C74H126O6/c1-4-7-10-13-16-19-21-23-25-27-29-30-31-32-33-34-35-36-37-38-39-40-41-42-43-44-46-47-49-51-53-55-58-61-64-67-73(76)79-70-71(69-78-72(75)66-63-60-57-18-15-12-9-6-3)80-74(77)68-65-62-59-56-54-52-50-48-45-28-26-24-22-20-17-14-11-8-5-2/h7-8,10-11,16-17,19-20,23-26,29-30,45,48,52,54,71H,4-6,9,12-15,18,21-22,27-28,31-44,46-47,49-51,53,55-70H2,1-3H3/b10-7-,11-8-,19-16-,20-17-,25-23-,26-24-,30-29-,48-45-,54-52-. The van der Waals surface area contributed by atoms with Crippen molar-refractivity contribution in [3.05, 3.63) is 109 Å². The van der Waals surface area contributed by atoms with Crippen molar-refractivity contribution < 1.29 is 28.6 Å². The predicted octanol–water partition coefficient (Wildman–Crippen LogP) is 23.4. The Morgan fingerprint density at radius 3 is 0.775 bits per heavy atom. The Labute approximate surface area is 495 Å². The van der Waals surface area contributed by atoms with Crippen LogP contribution in [0.5, 0.6) is 0 Å². The highest BCUT2D eigenvalue weighted by Crippen LogP contribution is 2.17. The Morgan fingerprint density at radius 1 is 0.263 bits per heavy atom. The molecule has 0 spiro atoms. The maximum atomic E-state index is 12.9. The van der Waals surface area contributed by atoms with Crippen LogP contribution in [0.25, 0.3) is 0 Å². The first-order valence-corrected chi connectivity index (χ1v) is 33.9. The Bertz CT molecular complexity index is 1610. The molecular formula is C74H126O6. The molecule has 80 heavy (non-hydrogen) atoms. The Morgan fingerprint density at radius 2 is 0.487 bits per heavy atom. The van der Waals surface area contributed by atoms with Crippen LogP contribution in [0, 0.1) is 0 Å². The van der Waals surface area contributed by atoms with Crippen LogP contribution in [0.4, 0.5) is 0 Å². The van der Waals surface area contributed by atoms with Gasteiger partial charge < -0.3 is 14.2 Å². The third kappa shape index (κ3) is 64.9. The number of unbranched alkanes of at least 4 members (excludes halogenated alkanes) is 32. The van der Waals surface area contributed by atoms with E-state index in [0.29, 0.717) is 19.3 Å². The van der Waals surface area contributed by atoms with Crippen molar-refractivity contribution in [1.82, 2.24) is 0 Å². The SMILES string of the molecule is CC/C=C\C/C=C\C/C=C\C/C=C\C/C=C\CCCCCC(=O)OC(COC(=O)CCCCCCCCCC)COC(=O)CCCCCCCCCCCCCCCCCCCCCCCC/C=C\C/C=C\C/C=C\C/C=C\CC. The van der Waals surface area contributed by atoms with Crippen LogP contribution >= 0.6 is 0 Å². The number of hydrogen-bond donors (Lipinski definition) is 0. The van der Waals surface area contributed by atoms with Crippen LogP contribution in [0.1, 0.15) is 323 Å². The fraction of sp³-hybridized carbons (Fsp3) is 0.716. The first-order valence-electron chi connectivity index (χ1n) is 33.9. The van der Waals surface area contributed by atoms with Gasteiger partial charge in [0.15, 0.2) is 6.10 Å². The van der Waals surface area contributed by atoms with Gasteiger partial charge in [0, 0.05) is 19.3 Å². The van der Waals surface area contributed by atoms with Gasteiger partial charge >= 0.3 is 17.9 Å². The molecule has 0 rings (SSSR count). The van der Waals surface area contributed by atoms with E-state index in [4.69, 9.17) is 14.2 Å². The van der Waals surface area contributed by atoms with Crippen molar-refractivity contribution in [1.29, 1.82) is 0 Å². The molecule has 1 unspecified atom stereocenters. The van der Waals surface area contributed by atoms with Crippen LogP contribution in [-0.4, -0.2) is 37.2 Å². The lowest BCUT2D eigenvalue weighted by molar-refractivity contribution is -0.167. The molecule has 0 aliphatic carbocycles. The average molecular weight is 1110 g/mol. The number of hydrogen-bond acceptors (Lipinski definition) is 6. The Kier molecular flexibility index (Phi) is 64.3. The van der Waals surface area contributed by atoms with E-state index in [1.165, 1.54) is 161 Å². The molecule has 0 fully saturated rings. The van der Waals surface area contributed by atoms with Gasteiger partial charge in [0.2, 0.25) is 0 Å². The zero-order valence-electron chi connectivity index (χ0n) is 52.6. The summed E-state index contributed by atoms with van der Waals surface area (Å²) in [5.74, 6) is -0.914. The molecular weight excluding hydrogens is 985 g/mol. The molecule has 1 atom stereocenters. The van der Waals surface area contributed by atoms with Crippen molar-refractivity contribution in [3.63, 3.8) is 0 Å². The molecule has 0 bridgehead atoms. The number of carbonyl (C=O) groups is 3. The molecule has 0 N–H and O–H groups in total. The summed E-state index contributed by atoms with van der Waals surface area (Å²) in [6.45, 7) is 6.38. The Balaban J connectivity index is 4.05. The molecule has 0 heterocycles. The monoisotopic (exact) mass is 1110 g/mol. The first-order chi connectivity index (χ1) is 39.5. The summed E-state index contributed by atoms with van der Waals surface area (Å²) in [6.07, 6.45) is 92.9. The predicted molar refractivity (Wildman–Crippen MR) is 348 cm³/mol. The second-order valence-electron chi connectivity index (χ2n) is 22.3. The molecule has 0 aliphatic heterocycles. The number of rotatable bonds is 61. The van der Waals surface area contributed by atoms with Gasteiger partial charge in [-0.2, -0.15) is 0 Å². The number of esters is 3. The molecule has 0 aliphatic rings. The largest absolute Gasteiger partial charge is 0.462 e. The molecule has 0 saturated carbocycles. The van der Waals surface area contributed by atoms with E-state index in [9.17, 15) is 14.4 Å². The summed E-state index contributed by atoms with van der Waals surface area (Å²) < 4.78 is 16.8. The minimum Gasteiger partial charge on any atom is -0.462 e. The summed E-state index contributed by atoms with van der Waals surface area (Å²) >= 11 is 0. The molecule has 0 aromatic heterocycles. The van der Waals surface area contributed by atoms with Crippen molar-refractivity contribution in [2.75, 3.05) is 13.2 Å². The van der Waals surface area contributed by atoms with Crippen LogP contribution in [-0.2, 0) is 28.6 Å². The normalized spacial score (nSPS) is 12.8. The molecule has 6 heteroatoms. The summed E-state index contributed by atoms with van der Waals surface area (Å²) in [5, 5.41) is 0. The molecule has 0 radical (unpaired) electrons. The van der Waals surface area contributed by atoms with Gasteiger partial charge in [-0.1, -0.05) is 310 Å². The van der Waals surface area contributed by atoms with Gasteiger partial charge in [0.1, 0.15) is 13.2 Å². The lowest BCUT2D eigenvalue weighted by Gasteiger charge is -2.18. The van der Waals surface area contributed by atoms with E-state index in [0.717, 1.165) is 122 Å². The summed E-state index contributed by atoms with van der Waals surface area (Å²) in [5.41, 5.74) is 0. The summed E-state index contributed by atoms with van der Waals surface area (Å²) in [4.78, 5) is 38.1. The van der Waals surface area contributed by atoms with Gasteiger partial charge in [-0.15, -0.1) is 0 Å². The lowest BCUT2D eigenvalue weighted by Crippen LogP contribution is -2.30. The zero-order valence-corrected chi connectivity index (χ0v) is 52.6. The highest BCUT2D eigenvalue weighted by Gasteiger charge is 2.19. The van der Waals surface area contributed by atoms with Gasteiger partial charge in [0.05, 0.1) is 0 Å². The summed E-state index contributed by atoms with van der Waals surface area (Å²) in [7, 11) is 0. The average Bonchev–Trinajstić information content (AvgIpc) is 3.46. The second-order valence-corrected chi connectivity index (χ2v) is 22.3. The summed E-state index contributed by atoms with van der Waals surface area (Å²) in [6, 6.07) is 0. The topological polar surface area (TPSA) is 78.9 Å². The highest BCUT2D eigenvalue weighted by atomic mass is 16.6. The van der Waals surface area contributed by atoms with E-state index in [1.807, 2.05) is 0 Å². The molecule has 0 aromatic carbocycles. The number of allylic oxidation sites excluding steroid dienone is 18. The van der Waals surface area contributed by atoms with E-state index in [2.05, 4.69) is 130 Å². The smallest absolute Gasteiger partial charge is 0.306 e. The number of ether oxygens (including phenoxy) is 3. The van der Waals surface area contributed by atoms with Crippen LogP contribution in [0.15, 0.2) is 109 Å². The maximum Gasteiger partial charge on any atom is 0.306 e. The van der Waals surface area contributed by atoms with Gasteiger partial charge in [-0.3, -0.25) is 14.4 Å². The second kappa shape index (κ2) is 67.6. The molecule has 6 nitrogen and oxygen atoms in total. The Hall–Kier alpha value is -3.93. The van der Waals surface area contributed by atoms with E-state index >= 15 is 0 Å². The van der Waals surface area contributed by atoms with Crippen molar-refractivity contribution >= 4 is 17.9 Å².